The van der Waals surface area contributed by atoms with Crippen molar-refractivity contribution in [1.82, 2.24) is 0 Å². The minimum Gasteiger partial charge on any atom is -0.488 e. The molecule has 0 aliphatic rings. The van der Waals surface area contributed by atoms with Gasteiger partial charge in [-0.05, 0) is 77.5 Å². The molecule has 0 aliphatic carbocycles. The topological polar surface area (TPSA) is 18.5 Å². The molecule has 9 rings (SSSR count). The highest BCUT2D eigenvalue weighted by Crippen LogP contribution is 2.42. The maximum Gasteiger partial charge on any atom is 0.128 e. The third kappa shape index (κ3) is 5.51. The first-order valence-corrected chi connectivity index (χ1v) is 17.1. The molecule has 50 heavy (non-hydrogen) atoms. The summed E-state index contributed by atoms with van der Waals surface area (Å²) in [6, 6.07) is 64.3. The summed E-state index contributed by atoms with van der Waals surface area (Å²) in [4.78, 5) is 0. The molecule has 2 nitrogen and oxygen atoms in total. The van der Waals surface area contributed by atoms with Crippen LogP contribution in [0.3, 0.4) is 0 Å². The maximum atomic E-state index is 6.61. The van der Waals surface area contributed by atoms with Crippen LogP contribution in [-0.2, 0) is 13.2 Å². The standard InChI is InChI=1S/C48H34O2/c1-5-17-39-35(11-1)15-9-21-43(39)47-41-19-7-3-13-37(41)27-29-45(47)49-31-33-23-25-34(26-24-33)32-50-46-30-28-38-14-4-8-20-42(38)48(46)44-22-10-16-36-12-2-6-18-40(36)44/h1-30H,31-32H2. The number of hydrogen-bond acceptors (Lipinski definition) is 2. The fourth-order valence-corrected chi connectivity index (χ4v) is 7.24. The van der Waals surface area contributed by atoms with Gasteiger partial charge in [0.15, 0.2) is 0 Å². The molecular weight excluding hydrogens is 609 g/mol. The summed E-state index contributed by atoms with van der Waals surface area (Å²) in [6.45, 7) is 0.931. The molecular formula is C48H34O2. The van der Waals surface area contributed by atoms with Crippen LogP contribution in [0.5, 0.6) is 11.5 Å². The van der Waals surface area contributed by atoms with Crippen molar-refractivity contribution >= 4 is 43.1 Å². The van der Waals surface area contributed by atoms with Crippen LogP contribution in [0.25, 0.3) is 65.3 Å². The first-order chi connectivity index (χ1) is 24.8. The van der Waals surface area contributed by atoms with E-state index in [0.29, 0.717) is 13.2 Å². The molecule has 0 amide bonds. The average molecular weight is 643 g/mol. The Morgan fingerprint density at radius 1 is 0.280 bits per heavy atom. The average Bonchev–Trinajstić information content (AvgIpc) is 3.19. The van der Waals surface area contributed by atoms with E-state index in [4.69, 9.17) is 9.47 Å². The summed E-state index contributed by atoms with van der Waals surface area (Å²) >= 11 is 0. The lowest BCUT2D eigenvalue weighted by atomic mass is 9.93. The predicted octanol–water partition coefficient (Wildman–Crippen LogP) is 12.8. The first kappa shape index (κ1) is 29.7. The van der Waals surface area contributed by atoms with Crippen molar-refractivity contribution in [2.45, 2.75) is 13.2 Å². The van der Waals surface area contributed by atoms with Crippen LogP contribution in [0, 0.1) is 0 Å². The van der Waals surface area contributed by atoms with Crippen LogP contribution in [0.15, 0.2) is 182 Å². The van der Waals surface area contributed by atoms with E-state index in [-0.39, 0.29) is 0 Å². The van der Waals surface area contributed by atoms with Gasteiger partial charge in [-0.15, -0.1) is 0 Å². The van der Waals surface area contributed by atoms with E-state index in [1.165, 1.54) is 54.2 Å². The van der Waals surface area contributed by atoms with Crippen molar-refractivity contribution in [3.8, 4) is 33.8 Å². The zero-order valence-electron chi connectivity index (χ0n) is 27.6. The lowest BCUT2D eigenvalue weighted by Crippen LogP contribution is -2.00. The van der Waals surface area contributed by atoms with E-state index in [1.807, 2.05) is 0 Å². The van der Waals surface area contributed by atoms with Crippen molar-refractivity contribution in [2.24, 2.45) is 0 Å². The van der Waals surface area contributed by atoms with Crippen LogP contribution in [0.2, 0.25) is 0 Å². The molecule has 0 unspecified atom stereocenters. The van der Waals surface area contributed by atoms with Gasteiger partial charge < -0.3 is 9.47 Å². The zero-order valence-corrected chi connectivity index (χ0v) is 27.6. The highest BCUT2D eigenvalue weighted by atomic mass is 16.5. The summed E-state index contributed by atoms with van der Waals surface area (Å²) in [6.07, 6.45) is 0. The molecule has 0 bridgehead atoms. The third-order valence-corrected chi connectivity index (χ3v) is 9.71. The Kier molecular flexibility index (Phi) is 7.68. The Hall–Kier alpha value is -6.38. The van der Waals surface area contributed by atoms with E-state index in [2.05, 4.69) is 182 Å². The monoisotopic (exact) mass is 642 g/mol. The summed E-state index contributed by atoms with van der Waals surface area (Å²) in [5.41, 5.74) is 6.82. The van der Waals surface area contributed by atoms with Crippen LogP contribution < -0.4 is 9.47 Å². The van der Waals surface area contributed by atoms with Gasteiger partial charge in [0.25, 0.3) is 0 Å². The van der Waals surface area contributed by atoms with E-state index >= 15 is 0 Å². The number of hydrogen-bond donors (Lipinski definition) is 0. The van der Waals surface area contributed by atoms with Gasteiger partial charge in [0, 0.05) is 11.1 Å². The number of fused-ring (bicyclic) bond motifs is 4. The van der Waals surface area contributed by atoms with E-state index in [1.54, 1.807) is 0 Å². The highest BCUT2D eigenvalue weighted by Gasteiger charge is 2.16. The lowest BCUT2D eigenvalue weighted by molar-refractivity contribution is 0.304. The van der Waals surface area contributed by atoms with Crippen LogP contribution in [0.1, 0.15) is 11.1 Å². The Morgan fingerprint density at radius 3 is 1.04 bits per heavy atom. The molecule has 0 heterocycles. The molecule has 9 aromatic rings. The lowest BCUT2D eigenvalue weighted by Gasteiger charge is -2.17. The number of ether oxygens (including phenoxy) is 2. The molecule has 0 fully saturated rings. The van der Waals surface area contributed by atoms with Crippen LogP contribution in [-0.4, -0.2) is 0 Å². The molecule has 2 heteroatoms. The van der Waals surface area contributed by atoms with Crippen LogP contribution in [0.4, 0.5) is 0 Å². The number of benzene rings is 9. The molecule has 238 valence electrons. The molecule has 0 aromatic heterocycles. The van der Waals surface area contributed by atoms with Crippen molar-refractivity contribution in [1.29, 1.82) is 0 Å². The molecule has 0 aliphatic heterocycles. The van der Waals surface area contributed by atoms with Crippen molar-refractivity contribution in [2.75, 3.05) is 0 Å². The molecule has 0 atom stereocenters. The van der Waals surface area contributed by atoms with Crippen molar-refractivity contribution < 1.29 is 9.47 Å². The first-order valence-electron chi connectivity index (χ1n) is 17.1. The summed E-state index contributed by atoms with van der Waals surface area (Å²) in [5, 5.41) is 9.63. The summed E-state index contributed by atoms with van der Waals surface area (Å²) in [5.74, 6) is 1.76. The van der Waals surface area contributed by atoms with Crippen molar-refractivity contribution in [3.63, 3.8) is 0 Å². The second-order valence-electron chi connectivity index (χ2n) is 12.8. The maximum absolute atomic E-state index is 6.61. The van der Waals surface area contributed by atoms with Gasteiger partial charge in [0.2, 0.25) is 0 Å². The Morgan fingerprint density at radius 2 is 0.620 bits per heavy atom. The van der Waals surface area contributed by atoms with Gasteiger partial charge in [0.05, 0.1) is 0 Å². The second kappa shape index (κ2) is 12.9. The molecule has 9 aromatic carbocycles. The predicted molar refractivity (Wildman–Crippen MR) is 209 cm³/mol. The van der Waals surface area contributed by atoms with E-state index in [9.17, 15) is 0 Å². The summed E-state index contributed by atoms with van der Waals surface area (Å²) in [7, 11) is 0. The van der Waals surface area contributed by atoms with Gasteiger partial charge in [0.1, 0.15) is 24.7 Å². The van der Waals surface area contributed by atoms with Gasteiger partial charge in [-0.1, -0.05) is 170 Å². The fraction of sp³-hybridized carbons (Fsp3) is 0.0417. The van der Waals surface area contributed by atoms with Gasteiger partial charge >= 0.3 is 0 Å². The molecule has 0 N–H and O–H groups in total. The highest BCUT2D eigenvalue weighted by molar-refractivity contribution is 6.09. The SMILES string of the molecule is c1ccc2c(-c3c(OCc4ccc(COc5ccc6ccccc6c5-c5cccc6ccccc56)cc4)ccc4ccccc34)cccc2c1. The smallest absolute Gasteiger partial charge is 0.128 e. The van der Waals surface area contributed by atoms with E-state index in [0.717, 1.165) is 33.8 Å². The molecule has 0 spiro atoms. The molecule has 0 radical (unpaired) electrons. The van der Waals surface area contributed by atoms with Crippen LogP contribution >= 0.6 is 0 Å². The number of rotatable bonds is 8. The Labute approximate surface area is 291 Å². The fourth-order valence-electron chi connectivity index (χ4n) is 7.24. The minimum atomic E-state index is 0.465. The quantitative estimate of drug-likeness (QED) is 0.164. The van der Waals surface area contributed by atoms with Gasteiger partial charge in [-0.2, -0.15) is 0 Å². The second-order valence-corrected chi connectivity index (χ2v) is 12.8. The largest absolute Gasteiger partial charge is 0.488 e. The molecule has 0 saturated carbocycles. The normalized spacial score (nSPS) is 11.4. The molecule has 0 saturated heterocycles. The Balaban J connectivity index is 0.986. The summed E-state index contributed by atoms with van der Waals surface area (Å²) < 4.78 is 13.2. The van der Waals surface area contributed by atoms with Gasteiger partial charge in [-0.25, -0.2) is 0 Å². The zero-order chi connectivity index (χ0) is 33.3. The van der Waals surface area contributed by atoms with E-state index < -0.39 is 0 Å². The third-order valence-electron chi connectivity index (χ3n) is 9.71. The van der Waals surface area contributed by atoms with Gasteiger partial charge in [-0.3, -0.25) is 0 Å². The van der Waals surface area contributed by atoms with Crippen molar-refractivity contribution in [3.05, 3.63) is 193 Å². The Bertz CT molecular complexity index is 2460. The minimum absolute atomic E-state index is 0.465.